The van der Waals surface area contributed by atoms with Crippen molar-refractivity contribution in [2.45, 2.75) is 56.7 Å². The first kappa shape index (κ1) is 10.4. The molecule has 14 heavy (non-hydrogen) atoms. The van der Waals surface area contributed by atoms with Crippen molar-refractivity contribution in [3.63, 3.8) is 0 Å². The van der Waals surface area contributed by atoms with Gasteiger partial charge in [-0.15, -0.1) is 0 Å². The first-order valence-electron chi connectivity index (χ1n) is 5.96. The van der Waals surface area contributed by atoms with Crippen LogP contribution in [0.4, 0.5) is 0 Å². The maximum absolute atomic E-state index is 7.66. The minimum absolute atomic E-state index is 0.206. The van der Waals surface area contributed by atoms with E-state index in [4.69, 9.17) is 11.5 Å². The lowest BCUT2D eigenvalue weighted by Crippen LogP contribution is -2.45. The molecule has 0 atom stereocenters. The predicted octanol–water partition coefficient (Wildman–Crippen LogP) is 1.00. The van der Waals surface area contributed by atoms with Crippen LogP contribution in [0.2, 0.25) is 0 Å². The van der Waals surface area contributed by atoms with Crippen molar-refractivity contribution < 1.29 is 0 Å². The lowest BCUT2D eigenvalue weighted by Gasteiger charge is -2.39. The molecule has 3 N–H and O–H groups in total. The van der Waals surface area contributed by atoms with Gasteiger partial charge in [0, 0.05) is 18.1 Å². The Morgan fingerprint density at radius 1 is 0.929 bits per heavy atom. The van der Waals surface area contributed by atoms with Gasteiger partial charge in [0.15, 0.2) is 0 Å². The molecule has 0 aromatic carbocycles. The number of rotatable bonds is 1. The van der Waals surface area contributed by atoms with Gasteiger partial charge in [-0.25, -0.2) is 0 Å². The summed E-state index contributed by atoms with van der Waals surface area (Å²) in [4.78, 5) is 2.59. The molecule has 1 aliphatic heterocycles. The first-order valence-corrected chi connectivity index (χ1v) is 5.96. The van der Waals surface area contributed by atoms with Gasteiger partial charge in [0.05, 0.1) is 0 Å². The summed E-state index contributed by atoms with van der Waals surface area (Å²) in [6.45, 7) is 2.29. The Balaban J connectivity index is 1.78. The molecule has 3 heteroatoms. The Morgan fingerprint density at radius 2 is 1.50 bits per heavy atom. The van der Waals surface area contributed by atoms with E-state index in [0.717, 1.165) is 32.0 Å². The maximum atomic E-state index is 7.66. The molecule has 0 unspecified atom stereocenters. The van der Waals surface area contributed by atoms with Gasteiger partial charge in [-0.2, -0.15) is 0 Å². The molecule has 1 aliphatic carbocycles. The molecule has 2 rings (SSSR count). The van der Waals surface area contributed by atoms with Gasteiger partial charge in [-0.05, 0) is 51.6 Å². The fourth-order valence-electron chi connectivity index (χ4n) is 2.73. The topological polar surface area (TPSA) is 53.1 Å². The van der Waals surface area contributed by atoms with E-state index in [9.17, 15) is 0 Å². The molecule has 0 aromatic rings. The van der Waals surface area contributed by atoms with E-state index in [1.165, 1.54) is 25.7 Å². The molecular formula is C11H22N3. The fraction of sp³-hybridized carbons (Fsp3) is 1.00. The number of nitrogens with one attached hydrogen (secondary N) is 1. The van der Waals surface area contributed by atoms with E-state index in [2.05, 4.69) is 4.90 Å². The van der Waals surface area contributed by atoms with E-state index in [1.807, 2.05) is 0 Å². The lowest BCUT2D eigenvalue weighted by molar-refractivity contribution is 0.117. The van der Waals surface area contributed by atoms with Crippen molar-refractivity contribution >= 4 is 0 Å². The van der Waals surface area contributed by atoms with Gasteiger partial charge >= 0.3 is 0 Å². The van der Waals surface area contributed by atoms with Gasteiger partial charge in [0.25, 0.3) is 0 Å². The number of nitrogens with zero attached hydrogens (tertiary/aromatic N) is 1. The van der Waals surface area contributed by atoms with Crippen LogP contribution in [0.25, 0.3) is 0 Å². The SMILES string of the molecule is [NH]C1CCN(C2CCC(N)CC2)CC1. The van der Waals surface area contributed by atoms with E-state index < -0.39 is 0 Å². The van der Waals surface area contributed by atoms with Crippen LogP contribution in [0.3, 0.4) is 0 Å². The van der Waals surface area contributed by atoms with Crippen LogP contribution in [-0.4, -0.2) is 36.1 Å². The summed E-state index contributed by atoms with van der Waals surface area (Å²) < 4.78 is 0. The van der Waals surface area contributed by atoms with Crippen molar-refractivity contribution in [3.8, 4) is 0 Å². The standard InChI is InChI=1S/C11H22N3/c12-9-1-3-11(4-2-9)14-7-5-10(13)6-8-14/h9-11,13H,1-8,12H2. The highest BCUT2D eigenvalue weighted by Crippen LogP contribution is 2.24. The van der Waals surface area contributed by atoms with Crippen molar-refractivity contribution in [3.05, 3.63) is 0 Å². The quantitative estimate of drug-likeness (QED) is 0.680. The summed E-state index contributed by atoms with van der Waals surface area (Å²) in [6, 6.07) is 1.44. The third-order valence-electron chi connectivity index (χ3n) is 3.79. The second kappa shape index (κ2) is 4.60. The molecule has 0 bridgehead atoms. The van der Waals surface area contributed by atoms with E-state index in [-0.39, 0.29) is 6.04 Å². The number of nitrogens with two attached hydrogens (primary N) is 1. The summed E-state index contributed by atoms with van der Waals surface area (Å²) in [6.07, 6.45) is 7.11. The van der Waals surface area contributed by atoms with Gasteiger partial charge in [0.2, 0.25) is 0 Å². The molecule has 1 saturated heterocycles. The lowest BCUT2D eigenvalue weighted by atomic mass is 9.89. The van der Waals surface area contributed by atoms with Crippen molar-refractivity contribution in [1.82, 2.24) is 10.6 Å². The summed E-state index contributed by atoms with van der Waals surface area (Å²) in [7, 11) is 0. The molecule has 1 radical (unpaired) electrons. The second-order valence-corrected chi connectivity index (χ2v) is 4.88. The molecule has 2 fully saturated rings. The molecule has 81 valence electrons. The van der Waals surface area contributed by atoms with Crippen LogP contribution >= 0.6 is 0 Å². The summed E-state index contributed by atoms with van der Waals surface area (Å²) in [5, 5.41) is 0. The van der Waals surface area contributed by atoms with Gasteiger partial charge in [-0.3, -0.25) is 5.73 Å². The van der Waals surface area contributed by atoms with Gasteiger partial charge < -0.3 is 10.6 Å². The van der Waals surface area contributed by atoms with E-state index >= 15 is 0 Å². The Kier molecular flexibility index (Phi) is 3.42. The van der Waals surface area contributed by atoms with Gasteiger partial charge in [0.1, 0.15) is 0 Å². The van der Waals surface area contributed by atoms with Crippen LogP contribution in [0, 0.1) is 0 Å². The normalized spacial score (nSPS) is 37.3. The Morgan fingerprint density at radius 3 is 2.07 bits per heavy atom. The second-order valence-electron chi connectivity index (χ2n) is 4.88. The highest BCUT2D eigenvalue weighted by molar-refractivity contribution is 4.84. The molecule has 0 spiro atoms. The highest BCUT2D eigenvalue weighted by atomic mass is 15.2. The Hall–Kier alpha value is -0.120. The molecule has 1 heterocycles. The Labute approximate surface area is 86.8 Å². The number of piperidine rings is 1. The van der Waals surface area contributed by atoms with Crippen LogP contribution in [-0.2, 0) is 0 Å². The third-order valence-corrected chi connectivity index (χ3v) is 3.79. The van der Waals surface area contributed by atoms with Crippen molar-refractivity contribution in [2.24, 2.45) is 5.73 Å². The fourth-order valence-corrected chi connectivity index (χ4v) is 2.73. The zero-order chi connectivity index (χ0) is 9.97. The zero-order valence-corrected chi connectivity index (χ0v) is 8.91. The minimum atomic E-state index is 0.206. The monoisotopic (exact) mass is 196 g/mol. The Bertz CT molecular complexity index is 147. The predicted molar refractivity (Wildman–Crippen MR) is 57.9 cm³/mol. The molecule has 0 aromatic heterocycles. The van der Waals surface area contributed by atoms with Crippen LogP contribution in [0.15, 0.2) is 0 Å². The largest absolute Gasteiger partial charge is 0.328 e. The average molecular weight is 196 g/mol. The number of hydrogen-bond donors (Lipinski definition) is 1. The highest BCUT2D eigenvalue weighted by Gasteiger charge is 2.26. The number of hydrogen-bond acceptors (Lipinski definition) is 2. The van der Waals surface area contributed by atoms with Crippen LogP contribution in [0.5, 0.6) is 0 Å². The summed E-state index contributed by atoms with van der Waals surface area (Å²) >= 11 is 0. The minimum Gasteiger partial charge on any atom is -0.328 e. The summed E-state index contributed by atoms with van der Waals surface area (Å²) in [5.74, 6) is 0. The molecule has 3 nitrogen and oxygen atoms in total. The smallest absolute Gasteiger partial charge is 0.0237 e. The average Bonchev–Trinajstić information content (AvgIpc) is 2.21. The molecule has 1 saturated carbocycles. The van der Waals surface area contributed by atoms with Crippen LogP contribution < -0.4 is 11.5 Å². The summed E-state index contributed by atoms with van der Waals surface area (Å²) in [5.41, 5.74) is 13.6. The number of likely N-dealkylation sites (tertiary alicyclic amines) is 1. The van der Waals surface area contributed by atoms with Crippen molar-refractivity contribution in [2.75, 3.05) is 13.1 Å². The van der Waals surface area contributed by atoms with Crippen LogP contribution in [0.1, 0.15) is 38.5 Å². The van der Waals surface area contributed by atoms with Crippen molar-refractivity contribution in [1.29, 1.82) is 0 Å². The first-order chi connectivity index (χ1) is 6.75. The van der Waals surface area contributed by atoms with Gasteiger partial charge in [-0.1, -0.05) is 0 Å². The van der Waals surface area contributed by atoms with E-state index in [0.29, 0.717) is 6.04 Å². The molecule has 2 aliphatic rings. The van der Waals surface area contributed by atoms with E-state index in [1.54, 1.807) is 0 Å². The third kappa shape index (κ3) is 2.47. The molecular weight excluding hydrogens is 174 g/mol. The molecule has 0 amide bonds. The zero-order valence-electron chi connectivity index (χ0n) is 8.91. The maximum Gasteiger partial charge on any atom is 0.0237 e.